The van der Waals surface area contributed by atoms with Crippen LogP contribution in [0.2, 0.25) is 0 Å². The molecule has 3 N–H and O–H groups in total. The van der Waals surface area contributed by atoms with Gasteiger partial charge in [-0.05, 0) is 26.0 Å². The number of nitrogens with zero attached hydrogens (tertiary/aromatic N) is 6. The summed E-state index contributed by atoms with van der Waals surface area (Å²) >= 11 is 0. The Bertz CT molecular complexity index is 1160. The Labute approximate surface area is 180 Å². The first-order valence-corrected chi connectivity index (χ1v) is 10.5. The predicted molar refractivity (Wildman–Crippen MR) is 121 cm³/mol. The summed E-state index contributed by atoms with van der Waals surface area (Å²) in [5.74, 6) is 1.75. The summed E-state index contributed by atoms with van der Waals surface area (Å²) in [4.78, 5) is 27.9. The van der Waals surface area contributed by atoms with E-state index in [-0.39, 0.29) is 0 Å². The fourth-order valence-corrected chi connectivity index (χ4v) is 4.17. The lowest BCUT2D eigenvalue weighted by Gasteiger charge is -2.37. The van der Waals surface area contributed by atoms with E-state index < -0.39 is 0 Å². The molecule has 158 valence electrons. The molecule has 0 bridgehead atoms. The summed E-state index contributed by atoms with van der Waals surface area (Å²) in [5.41, 5.74) is 3.40. The summed E-state index contributed by atoms with van der Waals surface area (Å²) in [6.45, 7) is 6.87. The predicted octanol–water partition coefficient (Wildman–Crippen LogP) is 2.61. The fraction of sp³-hybridized carbons (Fsp3) is 0.318. The molecule has 1 aliphatic heterocycles. The van der Waals surface area contributed by atoms with Crippen LogP contribution in [0.4, 0.5) is 11.6 Å². The van der Waals surface area contributed by atoms with Crippen LogP contribution in [0.25, 0.3) is 22.3 Å². The van der Waals surface area contributed by atoms with Gasteiger partial charge < -0.3 is 20.5 Å². The van der Waals surface area contributed by atoms with Gasteiger partial charge in [-0.3, -0.25) is 9.97 Å². The van der Waals surface area contributed by atoms with E-state index in [1.54, 1.807) is 24.9 Å². The van der Waals surface area contributed by atoms with Gasteiger partial charge in [0.05, 0.1) is 29.5 Å². The number of H-pyrrole nitrogens is 1. The van der Waals surface area contributed by atoms with Gasteiger partial charge in [0.15, 0.2) is 0 Å². The number of pyridine rings is 1. The molecule has 0 saturated carbocycles. The first kappa shape index (κ1) is 19.4. The maximum absolute atomic E-state index is 4.89. The highest BCUT2D eigenvalue weighted by Crippen LogP contribution is 2.30. The van der Waals surface area contributed by atoms with E-state index in [9.17, 15) is 0 Å². The average Bonchev–Trinajstić information content (AvgIpc) is 3.23. The second kappa shape index (κ2) is 8.27. The Morgan fingerprint density at radius 3 is 2.77 bits per heavy atom. The average molecular weight is 416 g/mol. The van der Waals surface area contributed by atoms with Gasteiger partial charge in [0.25, 0.3) is 0 Å². The summed E-state index contributed by atoms with van der Waals surface area (Å²) < 4.78 is 0. The molecule has 0 amide bonds. The third-order valence-corrected chi connectivity index (χ3v) is 5.42. The molecular weight excluding hydrogens is 390 g/mol. The number of aromatic nitrogens is 6. The number of aromatic amines is 1. The molecule has 1 fully saturated rings. The number of piperazine rings is 1. The highest BCUT2D eigenvalue weighted by molar-refractivity contribution is 5.99. The Hall–Kier alpha value is -3.59. The minimum absolute atomic E-state index is 0.440. The van der Waals surface area contributed by atoms with Gasteiger partial charge in [-0.2, -0.15) is 0 Å². The van der Waals surface area contributed by atoms with Crippen LogP contribution in [-0.2, 0) is 6.54 Å². The number of nitrogens with one attached hydrogen (secondary N) is 3. The van der Waals surface area contributed by atoms with Crippen LogP contribution in [0, 0.1) is 0 Å². The molecule has 9 nitrogen and oxygen atoms in total. The maximum Gasteiger partial charge on any atom is 0.143 e. The molecule has 0 spiro atoms. The summed E-state index contributed by atoms with van der Waals surface area (Å²) in [5, 5.41) is 7.89. The molecule has 5 heterocycles. The summed E-state index contributed by atoms with van der Waals surface area (Å²) in [6, 6.07) is 7.05. The van der Waals surface area contributed by atoms with E-state index in [4.69, 9.17) is 4.98 Å². The molecule has 0 aliphatic carbocycles. The molecule has 1 aliphatic rings. The largest absolute Gasteiger partial charge is 0.364 e. The zero-order valence-corrected chi connectivity index (χ0v) is 17.6. The zero-order chi connectivity index (χ0) is 21.2. The van der Waals surface area contributed by atoms with Crippen molar-refractivity contribution in [3.63, 3.8) is 0 Å². The normalized spacial score (nSPS) is 19.0. The van der Waals surface area contributed by atoms with E-state index >= 15 is 0 Å². The van der Waals surface area contributed by atoms with Crippen molar-refractivity contribution >= 4 is 22.7 Å². The first-order valence-electron chi connectivity index (χ1n) is 10.5. The highest BCUT2D eigenvalue weighted by Gasteiger charge is 2.22. The van der Waals surface area contributed by atoms with Gasteiger partial charge in [0, 0.05) is 49.3 Å². The molecule has 4 aromatic heterocycles. The lowest BCUT2D eigenvalue weighted by atomic mass is 10.1. The summed E-state index contributed by atoms with van der Waals surface area (Å²) in [7, 11) is 0. The van der Waals surface area contributed by atoms with Crippen molar-refractivity contribution < 1.29 is 0 Å². The monoisotopic (exact) mass is 415 g/mol. The van der Waals surface area contributed by atoms with Crippen LogP contribution in [-0.4, -0.2) is 55.1 Å². The minimum atomic E-state index is 0.440. The number of hydrogen-bond donors (Lipinski definition) is 3. The van der Waals surface area contributed by atoms with Crippen molar-refractivity contribution in [1.82, 2.24) is 35.2 Å². The van der Waals surface area contributed by atoms with Crippen LogP contribution >= 0.6 is 0 Å². The van der Waals surface area contributed by atoms with Crippen LogP contribution in [0.3, 0.4) is 0 Å². The van der Waals surface area contributed by atoms with Crippen molar-refractivity contribution in [2.24, 2.45) is 0 Å². The Balaban J connectivity index is 1.39. The molecule has 2 atom stereocenters. The van der Waals surface area contributed by atoms with Gasteiger partial charge in [-0.1, -0.05) is 6.07 Å². The van der Waals surface area contributed by atoms with Crippen molar-refractivity contribution in [3.8, 4) is 11.3 Å². The Morgan fingerprint density at radius 2 is 1.97 bits per heavy atom. The van der Waals surface area contributed by atoms with Crippen LogP contribution in [0.15, 0.2) is 49.3 Å². The Morgan fingerprint density at radius 1 is 1.10 bits per heavy atom. The van der Waals surface area contributed by atoms with E-state index in [1.807, 2.05) is 12.3 Å². The second-order valence-electron chi connectivity index (χ2n) is 7.95. The molecule has 4 aromatic rings. The molecule has 0 radical (unpaired) electrons. The minimum Gasteiger partial charge on any atom is -0.364 e. The fourth-order valence-electron chi connectivity index (χ4n) is 4.17. The highest BCUT2D eigenvalue weighted by atomic mass is 15.3. The molecule has 0 aromatic carbocycles. The van der Waals surface area contributed by atoms with Gasteiger partial charge in [-0.25, -0.2) is 15.0 Å². The van der Waals surface area contributed by atoms with Crippen molar-refractivity contribution in [1.29, 1.82) is 0 Å². The number of anilines is 2. The van der Waals surface area contributed by atoms with Crippen molar-refractivity contribution in [3.05, 3.63) is 55.0 Å². The lowest BCUT2D eigenvalue weighted by molar-refractivity contribution is 0.405. The van der Waals surface area contributed by atoms with Crippen LogP contribution in [0.1, 0.15) is 19.5 Å². The van der Waals surface area contributed by atoms with Gasteiger partial charge in [0.1, 0.15) is 23.6 Å². The summed E-state index contributed by atoms with van der Waals surface area (Å²) in [6.07, 6.45) is 8.51. The molecule has 0 unspecified atom stereocenters. The smallest absolute Gasteiger partial charge is 0.143 e. The maximum atomic E-state index is 4.89. The molecule has 9 heteroatoms. The molecular formula is C22H25N9. The van der Waals surface area contributed by atoms with E-state index in [1.165, 1.54) is 0 Å². The van der Waals surface area contributed by atoms with Gasteiger partial charge in [-0.15, -0.1) is 0 Å². The molecule has 31 heavy (non-hydrogen) atoms. The SMILES string of the molecule is C[C@@H]1CN(c2cccc(CNc3ncnc4[nH]cc(-c5cnccn5)c34)n2)C[C@H](C)N1. The van der Waals surface area contributed by atoms with Crippen molar-refractivity contribution in [2.75, 3.05) is 23.3 Å². The van der Waals surface area contributed by atoms with E-state index in [2.05, 4.69) is 66.4 Å². The van der Waals surface area contributed by atoms with Crippen molar-refractivity contribution in [2.45, 2.75) is 32.5 Å². The van der Waals surface area contributed by atoms with Crippen LogP contribution < -0.4 is 15.5 Å². The number of hydrogen-bond acceptors (Lipinski definition) is 8. The van der Waals surface area contributed by atoms with Crippen LogP contribution in [0.5, 0.6) is 0 Å². The lowest BCUT2D eigenvalue weighted by Crippen LogP contribution is -2.54. The zero-order valence-electron chi connectivity index (χ0n) is 17.6. The standard InChI is InChI=1S/C22H25N9/c1-14-11-31(12-15(2)29-14)19-5-3-4-16(30-19)8-25-21-20-17(18-10-23-6-7-24-18)9-26-22(20)28-13-27-21/h3-7,9-10,13-15,29H,8,11-12H2,1-2H3,(H2,25,26,27,28)/t14-,15+. The van der Waals surface area contributed by atoms with Gasteiger partial charge in [0.2, 0.25) is 0 Å². The third kappa shape index (κ3) is 4.04. The van der Waals surface area contributed by atoms with E-state index in [0.29, 0.717) is 18.6 Å². The second-order valence-corrected chi connectivity index (χ2v) is 7.95. The number of rotatable bonds is 5. The number of fused-ring (bicyclic) bond motifs is 1. The third-order valence-electron chi connectivity index (χ3n) is 5.42. The topological polar surface area (TPSA) is 108 Å². The van der Waals surface area contributed by atoms with Gasteiger partial charge >= 0.3 is 0 Å². The quantitative estimate of drug-likeness (QED) is 0.457. The van der Waals surface area contributed by atoms with E-state index in [0.717, 1.165) is 52.7 Å². The first-order chi connectivity index (χ1) is 15.2. The Kier molecular flexibility index (Phi) is 5.17. The molecule has 1 saturated heterocycles. The molecule has 5 rings (SSSR count).